The van der Waals surface area contributed by atoms with Gasteiger partial charge >= 0.3 is 6.03 Å². The summed E-state index contributed by atoms with van der Waals surface area (Å²) in [6, 6.07) is 27.1. The minimum absolute atomic E-state index is 0.113. The van der Waals surface area contributed by atoms with Crippen LogP contribution in [0.1, 0.15) is 27.0 Å². The third-order valence-electron chi connectivity index (χ3n) is 6.90. The molecule has 0 aromatic heterocycles. The third kappa shape index (κ3) is 5.42. The molecule has 0 aliphatic carbocycles. The fraction of sp³-hybridized carbons (Fsp3) is 0.125. The first kappa shape index (κ1) is 27.3. The summed E-state index contributed by atoms with van der Waals surface area (Å²) < 4.78 is 18.8. The lowest BCUT2D eigenvalue weighted by molar-refractivity contribution is -0.130. The van der Waals surface area contributed by atoms with Crippen LogP contribution in [0.25, 0.3) is 0 Å². The topological polar surface area (TPSA) is 105 Å². The molecule has 1 aliphatic heterocycles. The second kappa shape index (κ2) is 11.4. The van der Waals surface area contributed by atoms with Crippen molar-refractivity contribution in [1.82, 2.24) is 10.2 Å². The van der Waals surface area contributed by atoms with Crippen LogP contribution in [-0.2, 0) is 21.5 Å². The number of benzene rings is 4. The molecule has 0 atom stereocenters. The Labute approximate surface area is 235 Å². The van der Waals surface area contributed by atoms with E-state index in [0.717, 1.165) is 4.90 Å². The normalized spacial score (nSPS) is 14.0. The van der Waals surface area contributed by atoms with Crippen LogP contribution >= 0.6 is 0 Å². The molecule has 0 spiro atoms. The Morgan fingerprint density at radius 3 is 2.07 bits per heavy atom. The minimum atomic E-state index is -1.46. The van der Waals surface area contributed by atoms with Gasteiger partial charge in [-0.1, -0.05) is 60.7 Å². The first-order valence-corrected chi connectivity index (χ1v) is 12.8. The Morgan fingerprint density at radius 1 is 0.878 bits per heavy atom. The summed E-state index contributed by atoms with van der Waals surface area (Å²) >= 11 is 0. The van der Waals surface area contributed by atoms with Gasteiger partial charge in [-0.3, -0.25) is 19.3 Å². The predicted octanol–water partition coefficient (Wildman–Crippen LogP) is 4.69. The summed E-state index contributed by atoms with van der Waals surface area (Å²) in [7, 11) is 1.44. The van der Waals surface area contributed by atoms with E-state index in [1.165, 1.54) is 49.6 Å². The molecule has 4 aromatic carbocycles. The highest BCUT2D eigenvalue weighted by Gasteiger charge is 2.54. The van der Waals surface area contributed by atoms with Crippen LogP contribution in [0.5, 0.6) is 5.75 Å². The van der Waals surface area contributed by atoms with Crippen LogP contribution in [0, 0.1) is 5.82 Å². The molecule has 1 fully saturated rings. The maximum absolute atomic E-state index is 13.8. The van der Waals surface area contributed by atoms with Gasteiger partial charge in [-0.15, -0.1) is 0 Å². The molecule has 0 saturated carbocycles. The first-order valence-electron chi connectivity index (χ1n) is 12.8. The minimum Gasteiger partial charge on any atom is -0.496 e. The maximum Gasteiger partial charge on any atom is 0.325 e. The van der Waals surface area contributed by atoms with E-state index in [9.17, 15) is 23.6 Å². The summed E-state index contributed by atoms with van der Waals surface area (Å²) in [6.45, 7) is -0.461. The molecule has 41 heavy (non-hydrogen) atoms. The molecular weight excluding hydrogens is 525 g/mol. The highest BCUT2D eigenvalue weighted by Crippen LogP contribution is 2.36. The molecule has 4 amide bonds. The molecule has 1 aliphatic rings. The van der Waals surface area contributed by atoms with Gasteiger partial charge in [0.1, 0.15) is 11.6 Å². The van der Waals surface area contributed by atoms with Crippen LogP contribution in [0.3, 0.4) is 0 Å². The fourth-order valence-corrected chi connectivity index (χ4v) is 4.89. The van der Waals surface area contributed by atoms with Crippen molar-refractivity contribution in [2.45, 2.75) is 12.0 Å². The molecule has 5 rings (SSSR count). The lowest BCUT2D eigenvalue weighted by Crippen LogP contribution is -2.45. The molecule has 1 heterocycles. The quantitative estimate of drug-likeness (QED) is 0.232. The number of halogens is 1. The first-order chi connectivity index (χ1) is 19.8. The number of ketones is 1. The second-order valence-electron chi connectivity index (χ2n) is 9.49. The van der Waals surface area contributed by atoms with E-state index in [4.69, 9.17) is 4.74 Å². The molecule has 1 saturated heterocycles. The molecular formula is C32H26FN3O5. The van der Waals surface area contributed by atoms with Crippen LogP contribution in [-0.4, -0.2) is 42.2 Å². The molecule has 0 radical (unpaired) electrons. The zero-order valence-corrected chi connectivity index (χ0v) is 22.1. The van der Waals surface area contributed by atoms with Gasteiger partial charge in [0.05, 0.1) is 20.1 Å². The number of anilines is 1. The highest BCUT2D eigenvalue weighted by atomic mass is 19.1. The number of carbonyl (C=O) groups excluding carboxylic acids is 4. The number of nitrogens with one attached hydrogen (secondary N) is 2. The van der Waals surface area contributed by atoms with Crippen molar-refractivity contribution in [1.29, 1.82) is 0 Å². The number of nitrogens with zero attached hydrogens (tertiary/aromatic N) is 1. The van der Waals surface area contributed by atoms with Gasteiger partial charge in [0, 0.05) is 16.8 Å². The van der Waals surface area contributed by atoms with Gasteiger partial charge in [-0.2, -0.15) is 0 Å². The summed E-state index contributed by atoms with van der Waals surface area (Å²) in [6.07, 6.45) is -0.113. The van der Waals surface area contributed by atoms with Gasteiger partial charge < -0.3 is 15.4 Å². The van der Waals surface area contributed by atoms with E-state index in [2.05, 4.69) is 10.6 Å². The van der Waals surface area contributed by atoms with E-state index in [-0.39, 0.29) is 12.0 Å². The standard InChI is InChI=1S/C32H26FN3O5/c1-41-28-17-14-25(33)18-22(28)19-29(38)34-26-15-12-21(13-16-26)27(37)20-36-30(39)32(35-31(36)40,23-8-4-2-5-9-23)24-10-6-3-7-11-24/h2-18H,19-20H2,1H3,(H,34,38)(H,35,40). The number of hydrogen-bond donors (Lipinski definition) is 2. The van der Waals surface area contributed by atoms with Crippen LogP contribution in [0.4, 0.5) is 14.9 Å². The number of methoxy groups -OCH3 is 1. The summed E-state index contributed by atoms with van der Waals surface area (Å²) in [5, 5.41) is 5.53. The number of hydrogen-bond acceptors (Lipinski definition) is 5. The van der Waals surface area contributed by atoms with Gasteiger partial charge in [0.15, 0.2) is 11.3 Å². The lowest BCUT2D eigenvalue weighted by Gasteiger charge is -2.28. The molecule has 0 unspecified atom stereocenters. The van der Waals surface area contributed by atoms with Crippen molar-refractivity contribution in [3.8, 4) is 5.75 Å². The van der Waals surface area contributed by atoms with Crippen molar-refractivity contribution >= 4 is 29.3 Å². The molecule has 8 nitrogen and oxygen atoms in total. The van der Waals surface area contributed by atoms with Gasteiger partial charge in [-0.05, 0) is 53.6 Å². The number of carbonyl (C=O) groups is 4. The largest absolute Gasteiger partial charge is 0.496 e. The summed E-state index contributed by atoms with van der Waals surface area (Å²) in [4.78, 5) is 53.5. The monoisotopic (exact) mass is 551 g/mol. The third-order valence-corrected chi connectivity index (χ3v) is 6.90. The van der Waals surface area contributed by atoms with Crippen molar-refractivity contribution in [3.63, 3.8) is 0 Å². The van der Waals surface area contributed by atoms with E-state index in [1.54, 1.807) is 48.5 Å². The summed E-state index contributed by atoms with van der Waals surface area (Å²) in [5.41, 5.74) is 0.771. The van der Waals surface area contributed by atoms with Crippen LogP contribution in [0.2, 0.25) is 0 Å². The average Bonchev–Trinajstić information content (AvgIpc) is 3.24. The highest BCUT2D eigenvalue weighted by molar-refractivity contribution is 6.13. The number of Topliss-reactive ketones (excluding diaryl/α,β-unsaturated/α-hetero) is 1. The number of amides is 4. The predicted molar refractivity (Wildman–Crippen MR) is 150 cm³/mol. The second-order valence-corrected chi connectivity index (χ2v) is 9.49. The number of imide groups is 1. The zero-order valence-electron chi connectivity index (χ0n) is 22.1. The average molecular weight is 552 g/mol. The maximum atomic E-state index is 13.8. The van der Waals surface area contributed by atoms with E-state index < -0.39 is 41.5 Å². The van der Waals surface area contributed by atoms with Crippen molar-refractivity contribution < 1.29 is 28.3 Å². The van der Waals surface area contributed by atoms with Crippen molar-refractivity contribution in [3.05, 3.63) is 131 Å². The van der Waals surface area contributed by atoms with Gasteiger partial charge in [0.25, 0.3) is 5.91 Å². The number of rotatable bonds is 9. The SMILES string of the molecule is COc1ccc(F)cc1CC(=O)Nc1ccc(C(=O)CN2C(=O)NC(c3ccccc3)(c3ccccc3)C2=O)cc1. The van der Waals surface area contributed by atoms with Crippen LogP contribution < -0.4 is 15.4 Å². The molecule has 2 N–H and O–H groups in total. The number of urea groups is 1. The fourth-order valence-electron chi connectivity index (χ4n) is 4.89. The van der Waals surface area contributed by atoms with E-state index in [0.29, 0.717) is 28.1 Å². The van der Waals surface area contributed by atoms with Crippen molar-refractivity contribution in [2.75, 3.05) is 19.0 Å². The Kier molecular flexibility index (Phi) is 7.60. The van der Waals surface area contributed by atoms with Gasteiger partial charge in [-0.25, -0.2) is 9.18 Å². The zero-order chi connectivity index (χ0) is 29.0. The summed E-state index contributed by atoms with van der Waals surface area (Å²) in [5.74, 6) is -1.49. The van der Waals surface area contributed by atoms with Crippen LogP contribution in [0.15, 0.2) is 103 Å². The Hall–Kier alpha value is -5.31. The number of ether oxygens (including phenoxy) is 1. The molecule has 4 aromatic rings. The van der Waals surface area contributed by atoms with E-state index in [1.807, 2.05) is 12.1 Å². The molecule has 9 heteroatoms. The smallest absolute Gasteiger partial charge is 0.325 e. The van der Waals surface area contributed by atoms with Crippen molar-refractivity contribution in [2.24, 2.45) is 0 Å². The molecule has 0 bridgehead atoms. The Balaban J connectivity index is 1.29. The van der Waals surface area contributed by atoms with Gasteiger partial charge in [0.2, 0.25) is 5.91 Å². The Bertz CT molecular complexity index is 1570. The molecule has 206 valence electrons. The van der Waals surface area contributed by atoms with E-state index >= 15 is 0 Å². The Morgan fingerprint density at radius 2 is 1.49 bits per heavy atom. The lowest BCUT2D eigenvalue weighted by atomic mass is 9.82.